The van der Waals surface area contributed by atoms with Gasteiger partial charge in [0.1, 0.15) is 5.82 Å². The third kappa shape index (κ3) is 4.28. The van der Waals surface area contributed by atoms with Crippen molar-refractivity contribution in [2.24, 2.45) is 0 Å². The van der Waals surface area contributed by atoms with Crippen molar-refractivity contribution in [1.82, 2.24) is 10.3 Å². The molecule has 1 aliphatic rings. The van der Waals surface area contributed by atoms with E-state index in [-0.39, 0.29) is 11.9 Å². The molecule has 1 aliphatic carbocycles. The number of carbonyl (C=O) groups excluding carboxylic acids is 1. The summed E-state index contributed by atoms with van der Waals surface area (Å²) in [5.74, 6) is 0.907. The van der Waals surface area contributed by atoms with Crippen LogP contribution in [0.15, 0.2) is 54.6 Å². The molecule has 4 nitrogen and oxygen atoms in total. The second-order valence-electron chi connectivity index (χ2n) is 7.51. The number of amides is 1. The molecule has 2 N–H and O–H groups in total. The van der Waals surface area contributed by atoms with Crippen LogP contribution < -0.4 is 10.6 Å². The Morgan fingerprint density at radius 3 is 2.43 bits per heavy atom. The van der Waals surface area contributed by atoms with E-state index in [2.05, 4.69) is 35.8 Å². The molecule has 0 radical (unpaired) electrons. The SMILES string of the molecule is Cc1cc(N[C@H]2CC[C@@H](NC(=O)c3ccc(Cl)cc3)CC2)nc2ccccc12. The van der Waals surface area contributed by atoms with Crippen LogP contribution in [-0.2, 0) is 0 Å². The normalized spacial score (nSPS) is 19.4. The van der Waals surface area contributed by atoms with E-state index in [1.54, 1.807) is 24.3 Å². The van der Waals surface area contributed by atoms with Crippen molar-refractivity contribution in [2.45, 2.75) is 44.7 Å². The molecule has 0 aliphatic heterocycles. The number of hydrogen-bond acceptors (Lipinski definition) is 3. The van der Waals surface area contributed by atoms with Gasteiger partial charge in [0.2, 0.25) is 0 Å². The molecule has 1 heterocycles. The monoisotopic (exact) mass is 393 g/mol. The molecule has 1 saturated carbocycles. The maximum atomic E-state index is 12.4. The van der Waals surface area contributed by atoms with Crippen LogP contribution >= 0.6 is 11.6 Å². The highest BCUT2D eigenvalue weighted by Gasteiger charge is 2.23. The van der Waals surface area contributed by atoms with E-state index in [0.29, 0.717) is 16.6 Å². The molecule has 0 atom stereocenters. The molecular formula is C23H24ClN3O. The zero-order chi connectivity index (χ0) is 19.5. The van der Waals surface area contributed by atoms with Crippen molar-refractivity contribution in [1.29, 1.82) is 0 Å². The minimum absolute atomic E-state index is 0.0279. The molecular weight excluding hydrogens is 370 g/mol. The fourth-order valence-electron chi connectivity index (χ4n) is 3.88. The van der Waals surface area contributed by atoms with E-state index in [1.165, 1.54) is 10.9 Å². The molecule has 5 heteroatoms. The highest BCUT2D eigenvalue weighted by Crippen LogP contribution is 2.25. The van der Waals surface area contributed by atoms with Crippen molar-refractivity contribution in [3.8, 4) is 0 Å². The summed E-state index contributed by atoms with van der Waals surface area (Å²) in [5.41, 5.74) is 2.91. The van der Waals surface area contributed by atoms with Crippen molar-refractivity contribution in [2.75, 3.05) is 5.32 Å². The van der Waals surface area contributed by atoms with Crippen LogP contribution in [0, 0.1) is 6.92 Å². The van der Waals surface area contributed by atoms with Crippen molar-refractivity contribution < 1.29 is 4.79 Å². The van der Waals surface area contributed by atoms with Gasteiger partial charge in [-0.15, -0.1) is 0 Å². The first-order valence-electron chi connectivity index (χ1n) is 9.78. The smallest absolute Gasteiger partial charge is 0.251 e. The first kappa shape index (κ1) is 18.8. The number of para-hydroxylation sites is 1. The van der Waals surface area contributed by atoms with Crippen LogP contribution in [0.2, 0.25) is 5.02 Å². The van der Waals surface area contributed by atoms with E-state index in [0.717, 1.165) is 37.0 Å². The first-order valence-corrected chi connectivity index (χ1v) is 10.2. The van der Waals surface area contributed by atoms with Gasteiger partial charge in [-0.05, 0) is 74.6 Å². The number of halogens is 1. The lowest BCUT2D eigenvalue weighted by Gasteiger charge is -2.30. The maximum Gasteiger partial charge on any atom is 0.251 e. The van der Waals surface area contributed by atoms with Gasteiger partial charge < -0.3 is 10.6 Å². The van der Waals surface area contributed by atoms with Crippen LogP contribution in [0.5, 0.6) is 0 Å². The van der Waals surface area contributed by atoms with Crippen LogP contribution in [0.3, 0.4) is 0 Å². The van der Waals surface area contributed by atoms with E-state index in [4.69, 9.17) is 16.6 Å². The third-order valence-electron chi connectivity index (χ3n) is 5.44. The number of benzene rings is 2. The Morgan fingerprint density at radius 2 is 1.68 bits per heavy atom. The summed E-state index contributed by atoms with van der Waals surface area (Å²) in [6, 6.07) is 18.0. The standard InChI is InChI=1S/C23H24ClN3O/c1-15-14-22(27-21-5-3-2-4-20(15)21)25-18-10-12-19(13-11-18)26-23(28)16-6-8-17(24)9-7-16/h2-9,14,18-19H,10-13H2,1H3,(H,25,27)(H,26,28)/t18-,19+. The highest BCUT2D eigenvalue weighted by atomic mass is 35.5. The summed E-state index contributed by atoms with van der Waals surface area (Å²) in [5, 5.41) is 8.57. The average molecular weight is 394 g/mol. The fourth-order valence-corrected chi connectivity index (χ4v) is 4.01. The van der Waals surface area contributed by atoms with Gasteiger partial charge in [0.25, 0.3) is 5.91 Å². The van der Waals surface area contributed by atoms with Crippen LogP contribution in [-0.4, -0.2) is 23.0 Å². The number of aromatic nitrogens is 1. The molecule has 0 spiro atoms. The van der Waals surface area contributed by atoms with Crippen LogP contribution in [0.1, 0.15) is 41.6 Å². The van der Waals surface area contributed by atoms with Crippen molar-refractivity contribution in [3.63, 3.8) is 0 Å². The number of hydrogen-bond donors (Lipinski definition) is 2. The van der Waals surface area contributed by atoms with Crippen LogP contribution in [0.25, 0.3) is 10.9 Å². The molecule has 28 heavy (non-hydrogen) atoms. The minimum atomic E-state index is -0.0279. The predicted octanol–water partition coefficient (Wildman–Crippen LogP) is 5.35. The summed E-state index contributed by atoms with van der Waals surface area (Å²) in [4.78, 5) is 17.1. The first-order chi connectivity index (χ1) is 13.6. The lowest BCUT2D eigenvalue weighted by atomic mass is 9.91. The molecule has 4 rings (SSSR count). The number of anilines is 1. The van der Waals surface area contributed by atoms with Crippen molar-refractivity contribution in [3.05, 3.63) is 70.7 Å². The summed E-state index contributed by atoms with van der Waals surface area (Å²) >= 11 is 5.89. The Hall–Kier alpha value is -2.59. The van der Waals surface area contributed by atoms with Crippen molar-refractivity contribution >= 4 is 34.2 Å². The zero-order valence-corrected chi connectivity index (χ0v) is 16.7. The molecule has 0 saturated heterocycles. The summed E-state index contributed by atoms with van der Waals surface area (Å²) < 4.78 is 0. The number of carbonyl (C=O) groups is 1. The Labute approximate surface area is 170 Å². The number of aryl methyl sites for hydroxylation is 1. The van der Waals surface area contributed by atoms with Gasteiger partial charge >= 0.3 is 0 Å². The van der Waals surface area contributed by atoms with Gasteiger partial charge in [0.05, 0.1) is 5.52 Å². The zero-order valence-electron chi connectivity index (χ0n) is 15.9. The highest BCUT2D eigenvalue weighted by molar-refractivity contribution is 6.30. The predicted molar refractivity (Wildman–Crippen MR) is 115 cm³/mol. The Kier molecular flexibility index (Phi) is 5.49. The molecule has 1 aromatic heterocycles. The molecule has 3 aromatic rings. The fraction of sp³-hybridized carbons (Fsp3) is 0.304. The Balaban J connectivity index is 1.33. The molecule has 1 amide bonds. The van der Waals surface area contributed by atoms with Gasteiger partial charge in [0.15, 0.2) is 0 Å². The number of pyridine rings is 1. The average Bonchev–Trinajstić information content (AvgIpc) is 2.70. The van der Waals surface area contributed by atoms with Gasteiger partial charge in [-0.3, -0.25) is 4.79 Å². The molecule has 0 unspecified atom stereocenters. The lowest BCUT2D eigenvalue weighted by molar-refractivity contribution is 0.0926. The Bertz CT molecular complexity index is 979. The van der Waals surface area contributed by atoms with Crippen LogP contribution in [0.4, 0.5) is 5.82 Å². The minimum Gasteiger partial charge on any atom is -0.367 e. The van der Waals surface area contributed by atoms with E-state index in [9.17, 15) is 4.79 Å². The number of rotatable bonds is 4. The summed E-state index contributed by atoms with van der Waals surface area (Å²) in [6.07, 6.45) is 3.95. The Morgan fingerprint density at radius 1 is 1.00 bits per heavy atom. The molecule has 0 bridgehead atoms. The van der Waals surface area contributed by atoms with E-state index in [1.807, 2.05) is 12.1 Å². The molecule has 144 valence electrons. The van der Waals surface area contributed by atoms with E-state index >= 15 is 0 Å². The summed E-state index contributed by atoms with van der Waals surface area (Å²) in [6.45, 7) is 2.12. The summed E-state index contributed by atoms with van der Waals surface area (Å²) in [7, 11) is 0. The quantitative estimate of drug-likeness (QED) is 0.628. The second-order valence-corrected chi connectivity index (χ2v) is 7.95. The maximum absolute atomic E-state index is 12.4. The molecule has 2 aromatic carbocycles. The largest absolute Gasteiger partial charge is 0.367 e. The number of fused-ring (bicyclic) bond motifs is 1. The third-order valence-corrected chi connectivity index (χ3v) is 5.70. The number of nitrogens with one attached hydrogen (secondary N) is 2. The van der Waals surface area contributed by atoms with E-state index < -0.39 is 0 Å². The van der Waals surface area contributed by atoms with Gasteiger partial charge in [-0.1, -0.05) is 29.8 Å². The van der Waals surface area contributed by atoms with Gasteiger partial charge in [-0.25, -0.2) is 4.98 Å². The molecule has 1 fully saturated rings. The van der Waals surface area contributed by atoms with Gasteiger partial charge in [0, 0.05) is 28.1 Å². The number of nitrogens with zero attached hydrogens (tertiary/aromatic N) is 1. The van der Waals surface area contributed by atoms with Gasteiger partial charge in [-0.2, -0.15) is 0 Å². The topological polar surface area (TPSA) is 54.0 Å². The lowest BCUT2D eigenvalue weighted by Crippen LogP contribution is -2.40. The second kappa shape index (κ2) is 8.19.